The number of rotatable bonds is 3. The highest BCUT2D eigenvalue weighted by Crippen LogP contribution is 2.19. The van der Waals surface area contributed by atoms with Gasteiger partial charge in [-0.3, -0.25) is 9.20 Å². The Morgan fingerprint density at radius 2 is 1.80 bits per heavy atom. The summed E-state index contributed by atoms with van der Waals surface area (Å²) in [6.07, 6.45) is 2.46. The van der Waals surface area contributed by atoms with Crippen molar-refractivity contribution in [2.24, 2.45) is 5.92 Å². The van der Waals surface area contributed by atoms with Crippen LogP contribution in [0.4, 0.5) is 0 Å². The standard InChI is InChI=1S/C23H25N5OS/c1-16-11-13-25(14-12-16)15-26-23(30)28-20-10-6-4-8-18(20)21(29)27(22(28)24-26)19-9-5-3-7-17(19)2/h3-10,16H,11-15H2,1-2H3/p+1. The summed E-state index contributed by atoms with van der Waals surface area (Å²) in [6.45, 7) is 7.31. The van der Waals surface area contributed by atoms with E-state index < -0.39 is 0 Å². The summed E-state index contributed by atoms with van der Waals surface area (Å²) in [6, 6.07) is 15.5. The predicted octanol–water partition coefficient (Wildman–Crippen LogP) is 2.75. The van der Waals surface area contributed by atoms with Gasteiger partial charge >= 0.3 is 0 Å². The lowest BCUT2D eigenvalue weighted by molar-refractivity contribution is -0.929. The monoisotopic (exact) mass is 420 g/mol. The number of aromatic nitrogens is 4. The van der Waals surface area contributed by atoms with E-state index >= 15 is 0 Å². The first kappa shape index (κ1) is 19.2. The van der Waals surface area contributed by atoms with Gasteiger partial charge in [0.15, 0.2) is 6.67 Å². The van der Waals surface area contributed by atoms with Crippen molar-refractivity contribution in [2.45, 2.75) is 33.4 Å². The highest BCUT2D eigenvalue weighted by atomic mass is 32.1. The maximum atomic E-state index is 13.5. The van der Waals surface area contributed by atoms with Crippen LogP contribution in [0.5, 0.6) is 0 Å². The SMILES string of the molecule is Cc1ccccc1-n1c(=O)c2ccccc2n2c(=S)n(C[NH+]3CCC(C)CC3)nc12. The van der Waals surface area contributed by atoms with E-state index in [9.17, 15) is 4.79 Å². The number of aryl methyl sites for hydroxylation is 1. The molecule has 3 heterocycles. The number of hydrogen-bond donors (Lipinski definition) is 1. The van der Waals surface area contributed by atoms with Gasteiger partial charge in [0.2, 0.25) is 10.5 Å². The van der Waals surface area contributed by atoms with Crippen LogP contribution in [0.25, 0.3) is 22.4 Å². The first-order valence-electron chi connectivity index (χ1n) is 10.6. The van der Waals surface area contributed by atoms with Gasteiger partial charge in [-0.1, -0.05) is 37.3 Å². The van der Waals surface area contributed by atoms with Gasteiger partial charge in [-0.2, -0.15) is 4.68 Å². The van der Waals surface area contributed by atoms with Gasteiger partial charge in [-0.15, -0.1) is 5.10 Å². The lowest BCUT2D eigenvalue weighted by atomic mass is 10.00. The molecule has 2 aromatic heterocycles. The minimum atomic E-state index is -0.0707. The fourth-order valence-electron chi connectivity index (χ4n) is 4.49. The minimum absolute atomic E-state index is 0.0707. The number of piperidine rings is 1. The zero-order valence-corrected chi connectivity index (χ0v) is 18.2. The number of likely N-dealkylation sites (tertiary alicyclic amines) is 1. The molecule has 7 heteroatoms. The molecule has 0 atom stereocenters. The van der Waals surface area contributed by atoms with Gasteiger partial charge in [0, 0.05) is 0 Å². The molecular weight excluding hydrogens is 394 g/mol. The van der Waals surface area contributed by atoms with E-state index in [0.717, 1.165) is 42.4 Å². The average molecular weight is 421 g/mol. The molecule has 0 amide bonds. The van der Waals surface area contributed by atoms with Crippen LogP contribution in [0.3, 0.4) is 0 Å². The first-order valence-corrected chi connectivity index (χ1v) is 11.0. The largest absolute Gasteiger partial charge is 0.316 e. The van der Waals surface area contributed by atoms with Crippen molar-refractivity contribution in [3.05, 3.63) is 69.2 Å². The molecule has 1 fully saturated rings. The summed E-state index contributed by atoms with van der Waals surface area (Å²) in [7, 11) is 0. The van der Waals surface area contributed by atoms with Crippen LogP contribution in [0.15, 0.2) is 53.3 Å². The Bertz CT molecular complexity index is 1360. The van der Waals surface area contributed by atoms with E-state index in [1.165, 1.54) is 17.7 Å². The maximum Gasteiger partial charge on any atom is 0.267 e. The summed E-state index contributed by atoms with van der Waals surface area (Å²) in [5, 5.41) is 5.51. The maximum absolute atomic E-state index is 13.5. The highest BCUT2D eigenvalue weighted by molar-refractivity contribution is 7.71. The molecule has 0 saturated carbocycles. The third kappa shape index (κ3) is 3.09. The van der Waals surface area contributed by atoms with Gasteiger partial charge < -0.3 is 4.90 Å². The summed E-state index contributed by atoms with van der Waals surface area (Å²) in [5.74, 6) is 1.36. The molecule has 0 radical (unpaired) electrons. The molecule has 1 aliphatic heterocycles. The van der Waals surface area contributed by atoms with Gasteiger partial charge in [-0.05, 0) is 61.7 Å². The van der Waals surface area contributed by atoms with Crippen LogP contribution in [0.2, 0.25) is 0 Å². The van der Waals surface area contributed by atoms with Crippen LogP contribution >= 0.6 is 12.2 Å². The lowest BCUT2D eigenvalue weighted by Gasteiger charge is -2.26. The second kappa shape index (κ2) is 7.49. The third-order valence-corrected chi connectivity index (χ3v) is 6.71. The molecule has 1 aliphatic rings. The van der Waals surface area contributed by atoms with E-state index in [2.05, 4.69) is 6.92 Å². The lowest BCUT2D eigenvalue weighted by Crippen LogP contribution is -3.12. The minimum Gasteiger partial charge on any atom is -0.316 e. The van der Waals surface area contributed by atoms with Crippen molar-refractivity contribution in [1.29, 1.82) is 0 Å². The molecule has 2 aromatic carbocycles. The van der Waals surface area contributed by atoms with Crippen LogP contribution in [0, 0.1) is 17.6 Å². The van der Waals surface area contributed by atoms with Gasteiger partial charge in [0.25, 0.3) is 5.56 Å². The molecule has 1 saturated heterocycles. The Kier molecular flexibility index (Phi) is 4.79. The molecule has 6 nitrogen and oxygen atoms in total. The molecule has 1 N–H and O–H groups in total. The second-order valence-corrected chi connectivity index (χ2v) is 8.82. The van der Waals surface area contributed by atoms with E-state index in [1.54, 1.807) is 4.57 Å². The highest BCUT2D eigenvalue weighted by Gasteiger charge is 2.22. The van der Waals surface area contributed by atoms with E-state index in [0.29, 0.717) is 15.9 Å². The number of fused-ring (bicyclic) bond motifs is 3. The zero-order chi connectivity index (χ0) is 20.8. The molecule has 30 heavy (non-hydrogen) atoms. The van der Waals surface area contributed by atoms with E-state index in [-0.39, 0.29) is 5.56 Å². The molecule has 0 bridgehead atoms. The van der Waals surface area contributed by atoms with E-state index in [4.69, 9.17) is 17.3 Å². The average Bonchev–Trinajstić information content (AvgIpc) is 3.07. The van der Waals surface area contributed by atoms with Crippen molar-refractivity contribution in [3.63, 3.8) is 0 Å². The van der Waals surface area contributed by atoms with Gasteiger partial charge in [0.1, 0.15) is 0 Å². The summed E-state index contributed by atoms with van der Waals surface area (Å²) in [5.41, 5.74) is 2.59. The van der Waals surface area contributed by atoms with Crippen molar-refractivity contribution in [2.75, 3.05) is 13.1 Å². The summed E-state index contributed by atoms with van der Waals surface area (Å²) < 4.78 is 6.19. The van der Waals surface area contributed by atoms with E-state index in [1.807, 2.05) is 64.5 Å². The van der Waals surface area contributed by atoms with Crippen LogP contribution in [-0.4, -0.2) is 31.8 Å². The number of quaternary nitrogens is 1. The van der Waals surface area contributed by atoms with Crippen LogP contribution in [0.1, 0.15) is 25.3 Å². The topological polar surface area (TPSA) is 48.7 Å². The third-order valence-electron chi connectivity index (χ3n) is 6.31. The zero-order valence-electron chi connectivity index (χ0n) is 17.3. The Labute approximate surface area is 180 Å². The Hall–Kier alpha value is -2.77. The molecule has 5 rings (SSSR count). The van der Waals surface area contributed by atoms with Gasteiger partial charge in [-0.25, -0.2) is 4.57 Å². The number of nitrogens with zero attached hydrogens (tertiary/aromatic N) is 4. The van der Waals surface area contributed by atoms with Crippen LogP contribution < -0.4 is 10.5 Å². The van der Waals surface area contributed by atoms with Crippen molar-refractivity contribution in [1.82, 2.24) is 18.7 Å². The fraction of sp³-hybridized carbons (Fsp3) is 0.348. The van der Waals surface area contributed by atoms with Gasteiger partial charge in [0.05, 0.1) is 29.7 Å². The number of nitrogens with one attached hydrogen (secondary N) is 1. The summed E-state index contributed by atoms with van der Waals surface area (Å²) in [4.78, 5) is 15.0. The normalized spacial score (nSPS) is 19.5. The number of benzene rings is 2. The fourth-order valence-corrected chi connectivity index (χ4v) is 4.77. The second-order valence-electron chi connectivity index (χ2n) is 8.45. The molecule has 154 valence electrons. The molecular formula is C23H26N5OS+. The van der Waals surface area contributed by atoms with Crippen molar-refractivity contribution < 1.29 is 4.90 Å². The first-order chi connectivity index (χ1) is 14.5. The quantitative estimate of drug-likeness (QED) is 0.519. The molecule has 0 spiro atoms. The molecule has 0 aliphatic carbocycles. The number of hydrogen-bond acceptors (Lipinski definition) is 3. The molecule has 0 unspecified atom stereocenters. The summed E-state index contributed by atoms with van der Waals surface area (Å²) >= 11 is 5.87. The Balaban J connectivity index is 1.77. The Morgan fingerprint density at radius 1 is 1.10 bits per heavy atom. The predicted molar refractivity (Wildman–Crippen MR) is 121 cm³/mol. The van der Waals surface area contributed by atoms with Crippen LogP contribution in [-0.2, 0) is 6.67 Å². The Morgan fingerprint density at radius 3 is 2.57 bits per heavy atom. The smallest absolute Gasteiger partial charge is 0.267 e. The van der Waals surface area contributed by atoms with Crippen molar-refractivity contribution >= 4 is 28.9 Å². The number of para-hydroxylation sites is 2. The van der Waals surface area contributed by atoms with Crippen molar-refractivity contribution in [3.8, 4) is 5.69 Å². The molecule has 4 aromatic rings.